The fraction of sp³-hybridized carbons (Fsp3) is 0.562. The Morgan fingerprint density at radius 1 is 1.33 bits per heavy atom. The summed E-state index contributed by atoms with van der Waals surface area (Å²) in [4.78, 5) is 14.1. The predicted octanol–water partition coefficient (Wildman–Crippen LogP) is 2.55. The van der Waals surface area contributed by atoms with Crippen molar-refractivity contribution in [1.29, 1.82) is 0 Å². The van der Waals surface area contributed by atoms with Crippen molar-refractivity contribution < 1.29 is 4.79 Å². The maximum absolute atomic E-state index is 11.7. The van der Waals surface area contributed by atoms with Gasteiger partial charge in [-0.25, -0.2) is 0 Å². The van der Waals surface area contributed by atoms with E-state index < -0.39 is 0 Å². The molecule has 1 aromatic carbocycles. The molecule has 116 valence electrons. The highest BCUT2D eigenvalue weighted by Crippen LogP contribution is 2.24. The molecule has 4 nitrogen and oxygen atoms in total. The number of nitrogens with two attached hydrogens (primary N) is 1. The first-order valence-electron chi connectivity index (χ1n) is 7.61. The molecule has 1 heterocycles. The second-order valence-electron chi connectivity index (χ2n) is 5.61. The molecule has 0 spiro atoms. The third-order valence-electron chi connectivity index (χ3n) is 3.80. The minimum absolute atomic E-state index is 0.0352. The Kier molecular flexibility index (Phi) is 6.39. The van der Waals surface area contributed by atoms with Crippen LogP contribution < -0.4 is 16.0 Å². The SMILES string of the molecule is CC1CCN(c2ccc(NC(=O)CSCCN)cc2)CC1. The average Bonchev–Trinajstić information content (AvgIpc) is 2.49. The summed E-state index contributed by atoms with van der Waals surface area (Å²) in [7, 11) is 0. The van der Waals surface area contributed by atoms with Crippen molar-refractivity contribution in [2.24, 2.45) is 11.7 Å². The monoisotopic (exact) mass is 307 g/mol. The van der Waals surface area contributed by atoms with Crippen LogP contribution in [0.15, 0.2) is 24.3 Å². The van der Waals surface area contributed by atoms with Gasteiger partial charge in [0.2, 0.25) is 5.91 Å². The van der Waals surface area contributed by atoms with Crippen molar-refractivity contribution in [3.63, 3.8) is 0 Å². The van der Waals surface area contributed by atoms with Gasteiger partial charge in [0.1, 0.15) is 0 Å². The molecule has 21 heavy (non-hydrogen) atoms. The van der Waals surface area contributed by atoms with E-state index in [0.29, 0.717) is 12.3 Å². The lowest BCUT2D eigenvalue weighted by molar-refractivity contribution is -0.113. The van der Waals surface area contributed by atoms with Crippen LogP contribution in [-0.2, 0) is 4.79 Å². The van der Waals surface area contributed by atoms with Crippen LogP contribution in [0.2, 0.25) is 0 Å². The van der Waals surface area contributed by atoms with E-state index in [-0.39, 0.29) is 5.91 Å². The third-order valence-corrected chi connectivity index (χ3v) is 4.79. The highest BCUT2D eigenvalue weighted by Gasteiger charge is 2.15. The summed E-state index contributed by atoms with van der Waals surface area (Å²) in [6.45, 7) is 5.19. The summed E-state index contributed by atoms with van der Waals surface area (Å²) >= 11 is 1.56. The van der Waals surface area contributed by atoms with Gasteiger partial charge in [-0.15, -0.1) is 0 Å². The van der Waals surface area contributed by atoms with E-state index in [2.05, 4.69) is 29.3 Å². The molecule has 1 aliphatic heterocycles. The van der Waals surface area contributed by atoms with Gasteiger partial charge in [0.15, 0.2) is 0 Å². The van der Waals surface area contributed by atoms with E-state index in [1.54, 1.807) is 11.8 Å². The van der Waals surface area contributed by atoms with E-state index in [9.17, 15) is 4.79 Å². The first-order valence-corrected chi connectivity index (χ1v) is 8.77. The molecular weight excluding hydrogens is 282 g/mol. The van der Waals surface area contributed by atoms with Crippen molar-refractivity contribution >= 4 is 29.0 Å². The van der Waals surface area contributed by atoms with Crippen molar-refractivity contribution in [3.05, 3.63) is 24.3 Å². The number of anilines is 2. The van der Waals surface area contributed by atoms with Gasteiger partial charge in [0.05, 0.1) is 5.75 Å². The normalized spacial score (nSPS) is 16.0. The maximum Gasteiger partial charge on any atom is 0.234 e. The second-order valence-corrected chi connectivity index (χ2v) is 6.71. The lowest BCUT2D eigenvalue weighted by atomic mass is 9.99. The van der Waals surface area contributed by atoms with Gasteiger partial charge in [-0.2, -0.15) is 11.8 Å². The summed E-state index contributed by atoms with van der Waals surface area (Å²) < 4.78 is 0. The highest BCUT2D eigenvalue weighted by atomic mass is 32.2. The van der Waals surface area contributed by atoms with Gasteiger partial charge in [-0.05, 0) is 43.0 Å². The number of nitrogens with one attached hydrogen (secondary N) is 1. The Morgan fingerprint density at radius 2 is 2.00 bits per heavy atom. The molecule has 0 aromatic heterocycles. The van der Waals surface area contributed by atoms with Crippen LogP contribution in [0.5, 0.6) is 0 Å². The van der Waals surface area contributed by atoms with Crippen molar-refractivity contribution in [2.45, 2.75) is 19.8 Å². The van der Waals surface area contributed by atoms with E-state index in [4.69, 9.17) is 5.73 Å². The van der Waals surface area contributed by atoms with Crippen LogP contribution in [-0.4, -0.2) is 37.0 Å². The summed E-state index contributed by atoms with van der Waals surface area (Å²) in [6, 6.07) is 8.16. The molecule has 2 rings (SSSR count). The fourth-order valence-electron chi connectivity index (χ4n) is 2.47. The fourth-order valence-corrected chi connectivity index (χ4v) is 3.04. The molecule has 3 N–H and O–H groups in total. The second kappa shape index (κ2) is 8.29. The number of carbonyl (C=O) groups excluding carboxylic acids is 1. The van der Waals surface area contributed by atoms with Crippen LogP contribution in [0.1, 0.15) is 19.8 Å². The first kappa shape index (κ1) is 16.2. The average molecular weight is 307 g/mol. The molecule has 0 radical (unpaired) electrons. The van der Waals surface area contributed by atoms with Crippen LogP contribution in [0.25, 0.3) is 0 Å². The number of hydrogen-bond acceptors (Lipinski definition) is 4. The summed E-state index contributed by atoms with van der Waals surface area (Å²) in [5.41, 5.74) is 7.52. The predicted molar refractivity (Wildman–Crippen MR) is 92.1 cm³/mol. The van der Waals surface area contributed by atoms with E-state index in [1.807, 2.05) is 12.1 Å². The summed E-state index contributed by atoms with van der Waals surface area (Å²) in [5.74, 6) is 2.15. The molecule has 5 heteroatoms. The van der Waals surface area contributed by atoms with Gasteiger partial charge < -0.3 is 16.0 Å². The minimum atomic E-state index is 0.0352. The lowest BCUT2D eigenvalue weighted by Crippen LogP contribution is -2.32. The lowest BCUT2D eigenvalue weighted by Gasteiger charge is -2.32. The topological polar surface area (TPSA) is 58.4 Å². The number of nitrogens with zero attached hydrogens (tertiary/aromatic N) is 1. The zero-order valence-electron chi connectivity index (χ0n) is 12.7. The maximum atomic E-state index is 11.7. The zero-order chi connectivity index (χ0) is 15.1. The highest BCUT2D eigenvalue weighted by molar-refractivity contribution is 7.99. The van der Waals surface area contributed by atoms with Crippen LogP contribution >= 0.6 is 11.8 Å². The summed E-state index contributed by atoms with van der Waals surface area (Å²) in [6.07, 6.45) is 2.52. The Labute approximate surface area is 131 Å². The van der Waals surface area contributed by atoms with Gasteiger partial charge in [0.25, 0.3) is 0 Å². The number of carbonyl (C=O) groups is 1. The Balaban J connectivity index is 1.83. The Hall–Kier alpha value is -1.20. The van der Waals surface area contributed by atoms with Crippen molar-refractivity contribution in [2.75, 3.05) is 41.4 Å². The van der Waals surface area contributed by atoms with E-state index >= 15 is 0 Å². The quantitative estimate of drug-likeness (QED) is 0.793. The molecule has 1 aliphatic rings. The van der Waals surface area contributed by atoms with E-state index in [1.165, 1.54) is 18.5 Å². The number of rotatable bonds is 6. The van der Waals surface area contributed by atoms with Crippen molar-refractivity contribution in [3.8, 4) is 0 Å². The molecule has 0 aliphatic carbocycles. The smallest absolute Gasteiger partial charge is 0.234 e. The standard InChI is InChI=1S/C16H25N3OS/c1-13-6-9-19(10-7-13)15-4-2-14(3-5-15)18-16(20)12-21-11-8-17/h2-5,13H,6-12,17H2,1H3,(H,18,20). The molecule has 1 aromatic rings. The van der Waals surface area contributed by atoms with Gasteiger partial charge in [-0.1, -0.05) is 6.92 Å². The molecule has 1 saturated heterocycles. The molecule has 0 atom stereocenters. The largest absolute Gasteiger partial charge is 0.372 e. The molecule has 1 amide bonds. The van der Waals surface area contributed by atoms with Crippen LogP contribution in [0.3, 0.4) is 0 Å². The minimum Gasteiger partial charge on any atom is -0.372 e. The number of piperidine rings is 1. The molecule has 0 unspecified atom stereocenters. The molecule has 0 bridgehead atoms. The van der Waals surface area contributed by atoms with Gasteiger partial charge in [-0.3, -0.25) is 4.79 Å². The number of thioether (sulfide) groups is 1. The molecular formula is C16H25N3OS. The van der Waals surface area contributed by atoms with Crippen LogP contribution in [0, 0.1) is 5.92 Å². The summed E-state index contributed by atoms with van der Waals surface area (Å²) in [5, 5.41) is 2.92. The first-order chi connectivity index (χ1) is 10.2. The molecule has 1 fully saturated rings. The Bertz CT molecular complexity index is 441. The zero-order valence-corrected chi connectivity index (χ0v) is 13.5. The number of amides is 1. The third kappa shape index (κ3) is 5.25. The number of benzene rings is 1. The van der Waals surface area contributed by atoms with Crippen LogP contribution in [0.4, 0.5) is 11.4 Å². The van der Waals surface area contributed by atoms with Gasteiger partial charge >= 0.3 is 0 Å². The molecule has 0 saturated carbocycles. The Morgan fingerprint density at radius 3 is 2.62 bits per heavy atom. The van der Waals surface area contributed by atoms with Crippen molar-refractivity contribution in [1.82, 2.24) is 0 Å². The number of hydrogen-bond donors (Lipinski definition) is 2. The van der Waals surface area contributed by atoms with E-state index in [0.717, 1.165) is 30.4 Å². The van der Waals surface area contributed by atoms with Gasteiger partial charge in [0, 0.05) is 36.8 Å².